The van der Waals surface area contributed by atoms with Crippen molar-refractivity contribution in [2.45, 2.75) is 26.3 Å². The second-order valence-electron chi connectivity index (χ2n) is 5.86. The number of benzene rings is 1. The van der Waals surface area contributed by atoms with Gasteiger partial charge >= 0.3 is 0 Å². The summed E-state index contributed by atoms with van der Waals surface area (Å²) in [5.41, 5.74) is 1.41. The Kier molecular flexibility index (Phi) is 4.98. The molecule has 132 valence electrons. The van der Waals surface area contributed by atoms with Gasteiger partial charge in [0.25, 0.3) is 5.91 Å². The minimum absolute atomic E-state index is 0.0269. The van der Waals surface area contributed by atoms with E-state index in [0.29, 0.717) is 29.3 Å². The van der Waals surface area contributed by atoms with Crippen molar-refractivity contribution in [3.05, 3.63) is 34.8 Å². The molecule has 2 heterocycles. The minimum Gasteiger partial charge on any atom is -0.495 e. The van der Waals surface area contributed by atoms with E-state index >= 15 is 0 Å². The lowest BCUT2D eigenvalue weighted by atomic mass is 10.1. The molecule has 7 nitrogen and oxygen atoms in total. The topological polar surface area (TPSA) is 75.6 Å². The lowest BCUT2D eigenvalue weighted by Gasteiger charge is -2.39. The number of aryl methyl sites for hydroxylation is 1. The minimum atomic E-state index is -0.174. The van der Waals surface area contributed by atoms with E-state index in [1.807, 2.05) is 38.1 Å². The number of aromatic nitrogens is 2. The summed E-state index contributed by atoms with van der Waals surface area (Å²) in [7, 11) is 1.58. The second-order valence-corrected chi connectivity index (χ2v) is 6.61. The molecule has 2 amide bonds. The molecule has 1 aromatic carbocycles. The zero-order chi connectivity index (χ0) is 18.0. The number of hydrogen-bond donors (Lipinski definition) is 0. The normalized spacial score (nSPS) is 17.7. The highest BCUT2D eigenvalue weighted by Gasteiger charge is 2.36. The number of amides is 2. The number of piperazine rings is 1. The van der Waals surface area contributed by atoms with Crippen LogP contribution in [-0.4, -0.2) is 52.5 Å². The molecule has 0 saturated carbocycles. The summed E-state index contributed by atoms with van der Waals surface area (Å²) in [5.74, 6) is 0.335. The summed E-state index contributed by atoms with van der Waals surface area (Å²) < 4.78 is 9.23. The summed E-state index contributed by atoms with van der Waals surface area (Å²) in [6.07, 6.45) is 0.640. The van der Waals surface area contributed by atoms with Gasteiger partial charge in [-0.05, 0) is 37.0 Å². The molecule has 1 atom stereocenters. The van der Waals surface area contributed by atoms with Gasteiger partial charge in [-0.2, -0.15) is 0 Å². The molecule has 0 bridgehead atoms. The zero-order valence-electron chi connectivity index (χ0n) is 14.4. The number of carbonyl (C=O) groups is 2. The van der Waals surface area contributed by atoms with E-state index in [1.165, 1.54) is 0 Å². The van der Waals surface area contributed by atoms with E-state index in [0.717, 1.165) is 17.2 Å². The highest BCUT2D eigenvalue weighted by atomic mass is 32.1. The Labute approximate surface area is 150 Å². The van der Waals surface area contributed by atoms with Crippen LogP contribution in [0, 0.1) is 0 Å². The van der Waals surface area contributed by atoms with Gasteiger partial charge in [-0.3, -0.25) is 9.59 Å². The van der Waals surface area contributed by atoms with Crippen molar-refractivity contribution in [2.24, 2.45) is 0 Å². The lowest BCUT2D eigenvalue weighted by Crippen LogP contribution is -2.57. The standard InChI is InChI=1S/C17H20N4O3S/c1-4-12-16(25-19-18-12)17(23)20-10-15(22)21(9-11(20)2)13-7-5-6-8-14(13)24-3/h5-8,11H,4,9-10H2,1-3H3/t11-/m1/s1. The Morgan fingerprint density at radius 1 is 1.40 bits per heavy atom. The van der Waals surface area contributed by atoms with E-state index in [9.17, 15) is 9.59 Å². The molecule has 2 aromatic rings. The molecule has 1 aromatic heterocycles. The average Bonchev–Trinajstić information content (AvgIpc) is 3.11. The third-order valence-corrected chi connectivity index (χ3v) is 5.06. The van der Waals surface area contributed by atoms with Crippen molar-refractivity contribution in [1.29, 1.82) is 0 Å². The average molecular weight is 360 g/mol. The first-order valence-electron chi connectivity index (χ1n) is 8.12. The maximum absolute atomic E-state index is 12.8. The van der Waals surface area contributed by atoms with Crippen LogP contribution in [0.5, 0.6) is 5.75 Å². The van der Waals surface area contributed by atoms with Crippen LogP contribution < -0.4 is 9.64 Å². The van der Waals surface area contributed by atoms with Crippen molar-refractivity contribution in [3.8, 4) is 5.75 Å². The summed E-state index contributed by atoms with van der Waals surface area (Å²) in [5, 5.41) is 3.99. The Bertz CT molecular complexity index is 792. The largest absolute Gasteiger partial charge is 0.495 e. The molecule has 3 rings (SSSR count). The molecule has 25 heavy (non-hydrogen) atoms. The fraction of sp³-hybridized carbons (Fsp3) is 0.412. The van der Waals surface area contributed by atoms with Gasteiger partial charge < -0.3 is 14.5 Å². The Morgan fingerprint density at radius 2 is 2.16 bits per heavy atom. The molecule has 1 aliphatic heterocycles. The van der Waals surface area contributed by atoms with Crippen molar-refractivity contribution in [3.63, 3.8) is 0 Å². The first-order chi connectivity index (χ1) is 12.1. The molecule has 0 unspecified atom stereocenters. The fourth-order valence-electron chi connectivity index (χ4n) is 2.94. The number of ether oxygens (including phenoxy) is 1. The third-order valence-electron chi connectivity index (χ3n) is 4.31. The van der Waals surface area contributed by atoms with E-state index in [1.54, 1.807) is 16.9 Å². The van der Waals surface area contributed by atoms with E-state index in [2.05, 4.69) is 9.59 Å². The maximum Gasteiger partial charge on any atom is 0.268 e. The van der Waals surface area contributed by atoms with Crippen LogP contribution >= 0.6 is 11.5 Å². The summed E-state index contributed by atoms with van der Waals surface area (Å²) >= 11 is 1.09. The molecule has 0 N–H and O–H groups in total. The van der Waals surface area contributed by atoms with Gasteiger partial charge in [-0.25, -0.2) is 0 Å². The first kappa shape index (κ1) is 17.3. The lowest BCUT2D eigenvalue weighted by molar-refractivity contribution is -0.121. The number of rotatable bonds is 4. The maximum atomic E-state index is 12.8. The number of carbonyl (C=O) groups excluding carboxylic acids is 2. The molecule has 0 radical (unpaired) electrons. The monoisotopic (exact) mass is 360 g/mol. The molecule has 0 spiro atoms. The Balaban J connectivity index is 1.83. The number of nitrogens with zero attached hydrogens (tertiary/aromatic N) is 4. The van der Waals surface area contributed by atoms with Crippen molar-refractivity contribution in [2.75, 3.05) is 25.1 Å². The highest BCUT2D eigenvalue weighted by molar-refractivity contribution is 7.08. The number of anilines is 1. The van der Waals surface area contributed by atoms with Crippen LogP contribution in [-0.2, 0) is 11.2 Å². The molecule has 1 saturated heterocycles. The van der Waals surface area contributed by atoms with Gasteiger partial charge in [0.15, 0.2) is 0 Å². The van der Waals surface area contributed by atoms with E-state index < -0.39 is 0 Å². The van der Waals surface area contributed by atoms with Gasteiger partial charge in [-0.15, -0.1) is 5.10 Å². The molecule has 8 heteroatoms. The Hall–Kier alpha value is -2.48. The summed E-state index contributed by atoms with van der Waals surface area (Å²) in [4.78, 5) is 29.3. The van der Waals surface area contributed by atoms with Crippen molar-refractivity contribution in [1.82, 2.24) is 14.5 Å². The van der Waals surface area contributed by atoms with E-state index in [4.69, 9.17) is 4.74 Å². The predicted molar refractivity (Wildman–Crippen MR) is 95.1 cm³/mol. The predicted octanol–water partition coefficient (Wildman–Crippen LogP) is 1.99. The molecular formula is C17H20N4O3S. The van der Waals surface area contributed by atoms with Crippen LogP contribution in [0.2, 0.25) is 0 Å². The number of methoxy groups -OCH3 is 1. The van der Waals surface area contributed by atoms with Crippen molar-refractivity contribution < 1.29 is 14.3 Å². The summed E-state index contributed by atoms with van der Waals surface area (Å²) in [6, 6.07) is 7.27. The van der Waals surface area contributed by atoms with E-state index in [-0.39, 0.29) is 24.4 Å². The highest BCUT2D eigenvalue weighted by Crippen LogP contribution is 2.30. The molecule has 0 aliphatic carbocycles. The van der Waals surface area contributed by atoms with Gasteiger partial charge in [0, 0.05) is 12.6 Å². The molecule has 1 fully saturated rings. The first-order valence-corrected chi connectivity index (χ1v) is 8.89. The van der Waals surface area contributed by atoms with Crippen LogP contribution in [0.15, 0.2) is 24.3 Å². The van der Waals surface area contributed by atoms with Crippen LogP contribution in [0.3, 0.4) is 0 Å². The quantitative estimate of drug-likeness (QED) is 0.833. The molecular weight excluding hydrogens is 340 g/mol. The molecule has 1 aliphatic rings. The zero-order valence-corrected chi connectivity index (χ0v) is 15.2. The van der Waals surface area contributed by atoms with Crippen molar-refractivity contribution >= 4 is 29.0 Å². The third kappa shape index (κ3) is 3.21. The van der Waals surface area contributed by atoms with Gasteiger partial charge in [0.2, 0.25) is 5.91 Å². The second kappa shape index (κ2) is 7.18. The SMILES string of the molecule is CCc1nnsc1C(=O)N1CC(=O)N(c2ccccc2OC)C[C@H]1C. The van der Waals surface area contributed by atoms with Gasteiger partial charge in [-0.1, -0.05) is 23.5 Å². The van der Waals surface area contributed by atoms with Crippen LogP contribution in [0.4, 0.5) is 5.69 Å². The fourth-order valence-corrected chi connectivity index (χ4v) is 3.65. The Morgan fingerprint density at radius 3 is 2.88 bits per heavy atom. The van der Waals surface area contributed by atoms with Gasteiger partial charge in [0.05, 0.1) is 18.5 Å². The number of para-hydroxylation sites is 2. The summed E-state index contributed by atoms with van der Waals surface area (Å²) in [6.45, 7) is 4.31. The van der Waals surface area contributed by atoms with Gasteiger partial charge in [0.1, 0.15) is 17.2 Å². The smallest absolute Gasteiger partial charge is 0.268 e. The van der Waals surface area contributed by atoms with Crippen LogP contribution in [0.1, 0.15) is 29.2 Å². The van der Waals surface area contributed by atoms with Crippen LogP contribution in [0.25, 0.3) is 0 Å². The number of hydrogen-bond acceptors (Lipinski definition) is 6.